The Morgan fingerprint density at radius 1 is 1.23 bits per heavy atom. The largest absolute Gasteiger partial charge is 0.418 e. The molecule has 0 bridgehead atoms. The molecule has 1 atom stereocenters. The maximum absolute atomic E-state index is 13.4. The number of carbonyl (C=O) groups excluding carboxylic acids is 1. The topological polar surface area (TPSA) is 44.4 Å². The highest BCUT2D eigenvalue weighted by Gasteiger charge is 2.37. The lowest BCUT2D eigenvalue weighted by molar-refractivity contribution is -0.137. The lowest BCUT2D eigenvalue weighted by Gasteiger charge is -2.37. The molecule has 0 unspecified atom stereocenters. The van der Waals surface area contributed by atoms with E-state index < -0.39 is 23.7 Å². The van der Waals surface area contributed by atoms with Crippen molar-refractivity contribution in [3.8, 4) is 0 Å². The third-order valence-electron chi connectivity index (χ3n) is 4.91. The number of amides is 1. The molecule has 0 fully saturated rings. The van der Waals surface area contributed by atoms with Gasteiger partial charge in [0.25, 0.3) is 5.91 Å². The molecule has 0 radical (unpaired) electrons. The Kier molecular flexibility index (Phi) is 6.83. The van der Waals surface area contributed by atoms with Gasteiger partial charge in [0.15, 0.2) is 5.11 Å². The lowest BCUT2D eigenvalue weighted by atomic mass is 9.94. The first-order valence-electron chi connectivity index (χ1n) is 9.26. The van der Waals surface area contributed by atoms with Crippen LogP contribution in [0.15, 0.2) is 53.7 Å². The van der Waals surface area contributed by atoms with Gasteiger partial charge >= 0.3 is 6.18 Å². The van der Waals surface area contributed by atoms with E-state index in [0.29, 0.717) is 33.0 Å². The summed E-state index contributed by atoms with van der Waals surface area (Å²) in [6.07, 6.45) is -4.62. The van der Waals surface area contributed by atoms with Gasteiger partial charge in [-0.25, -0.2) is 0 Å². The van der Waals surface area contributed by atoms with Crippen molar-refractivity contribution in [2.75, 3.05) is 11.9 Å². The van der Waals surface area contributed by atoms with Crippen molar-refractivity contribution in [1.29, 1.82) is 0 Å². The first kappa shape index (κ1) is 23.4. The third-order valence-corrected chi connectivity index (χ3v) is 5.81. The fourth-order valence-corrected chi connectivity index (χ4v) is 4.36. The second kappa shape index (κ2) is 9.06. The van der Waals surface area contributed by atoms with Gasteiger partial charge in [-0.15, -0.1) is 0 Å². The molecule has 0 saturated heterocycles. The quantitative estimate of drug-likeness (QED) is 0.505. The summed E-state index contributed by atoms with van der Waals surface area (Å²) >= 11 is 17.8. The molecule has 0 aromatic heterocycles. The first-order valence-corrected chi connectivity index (χ1v) is 10.4. The van der Waals surface area contributed by atoms with Crippen LogP contribution in [0, 0.1) is 0 Å². The number of nitrogens with zero attached hydrogens (tertiary/aromatic N) is 1. The van der Waals surface area contributed by atoms with Crippen molar-refractivity contribution in [2.45, 2.75) is 26.1 Å². The number of allylic oxidation sites excluding steroid dienone is 1. The Balaban J connectivity index is 2.09. The predicted octanol–water partition coefficient (Wildman–Crippen LogP) is 6.18. The maximum Gasteiger partial charge on any atom is 0.418 e. The van der Waals surface area contributed by atoms with E-state index in [9.17, 15) is 18.0 Å². The highest BCUT2D eigenvalue weighted by atomic mass is 35.5. The number of hydrogen-bond acceptors (Lipinski definition) is 2. The van der Waals surface area contributed by atoms with Gasteiger partial charge in [0.1, 0.15) is 0 Å². The summed E-state index contributed by atoms with van der Waals surface area (Å²) in [4.78, 5) is 15.0. The minimum atomic E-state index is -4.62. The molecule has 1 amide bonds. The third kappa shape index (κ3) is 4.81. The number of anilines is 1. The van der Waals surface area contributed by atoms with Gasteiger partial charge in [-0.2, -0.15) is 13.2 Å². The van der Waals surface area contributed by atoms with Crippen LogP contribution in [-0.2, 0) is 11.0 Å². The van der Waals surface area contributed by atoms with E-state index in [-0.39, 0.29) is 11.3 Å². The number of hydrogen-bond donors (Lipinski definition) is 2. The predicted molar refractivity (Wildman–Crippen MR) is 120 cm³/mol. The molecule has 3 rings (SSSR count). The molecule has 2 aromatic carbocycles. The average molecular weight is 488 g/mol. The Morgan fingerprint density at radius 3 is 2.52 bits per heavy atom. The zero-order valence-electron chi connectivity index (χ0n) is 16.5. The highest BCUT2D eigenvalue weighted by molar-refractivity contribution is 7.80. The molecule has 4 nitrogen and oxygen atoms in total. The molecule has 0 spiro atoms. The summed E-state index contributed by atoms with van der Waals surface area (Å²) in [5, 5.41) is 6.57. The molecule has 1 aliphatic rings. The molecule has 0 aliphatic carbocycles. The van der Waals surface area contributed by atoms with E-state index >= 15 is 0 Å². The second-order valence-electron chi connectivity index (χ2n) is 6.79. The maximum atomic E-state index is 13.4. The van der Waals surface area contributed by atoms with Gasteiger partial charge in [-0.05, 0) is 55.9 Å². The van der Waals surface area contributed by atoms with Crippen molar-refractivity contribution in [1.82, 2.24) is 10.2 Å². The second-order valence-corrected chi connectivity index (χ2v) is 8.02. The summed E-state index contributed by atoms with van der Waals surface area (Å²) in [6.45, 7) is 4.01. The number of alkyl halides is 3. The van der Waals surface area contributed by atoms with Gasteiger partial charge < -0.3 is 15.5 Å². The normalized spacial score (nSPS) is 16.9. The standard InChI is InChI=1S/C21H18Cl2F3N3OS/c1-3-29-11(2)17(18(28-20(29)31)13-9-8-12(22)10-15(13)23)19(30)27-16-7-5-4-6-14(16)21(24,25)26/h4-10,18H,3H2,1-2H3,(H,27,30)(H,28,31)/t18-/m0/s1. The summed E-state index contributed by atoms with van der Waals surface area (Å²) in [6, 6.07) is 8.83. The van der Waals surface area contributed by atoms with Crippen LogP contribution in [0.4, 0.5) is 18.9 Å². The average Bonchev–Trinajstić information content (AvgIpc) is 2.67. The van der Waals surface area contributed by atoms with Crippen LogP contribution in [0.1, 0.15) is 31.0 Å². The summed E-state index contributed by atoms with van der Waals surface area (Å²) in [5.41, 5.74) is -0.0227. The number of benzene rings is 2. The smallest absolute Gasteiger partial charge is 0.351 e. The molecule has 164 valence electrons. The number of halogens is 5. The van der Waals surface area contributed by atoms with Gasteiger partial charge in [0.2, 0.25) is 0 Å². The molecular formula is C21H18Cl2F3N3OS. The number of carbonyl (C=O) groups is 1. The van der Waals surface area contributed by atoms with Crippen LogP contribution < -0.4 is 10.6 Å². The van der Waals surface area contributed by atoms with Crippen LogP contribution in [-0.4, -0.2) is 22.5 Å². The monoisotopic (exact) mass is 487 g/mol. The van der Waals surface area contributed by atoms with Gasteiger partial charge in [-0.1, -0.05) is 41.4 Å². The van der Waals surface area contributed by atoms with Crippen molar-refractivity contribution in [3.63, 3.8) is 0 Å². The van der Waals surface area contributed by atoms with Crippen LogP contribution in [0.3, 0.4) is 0 Å². The van der Waals surface area contributed by atoms with E-state index in [0.717, 1.165) is 6.07 Å². The zero-order valence-corrected chi connectivity index (χ0v) is 18.8. The number of rotatable bonds is 4. The van der Waals surface area contributed by atoms with Crippen LogP contribution in [0.2, 0.25) is 10.0 Å². The molecular weight excluding hydrogens is 470 g/mol. The Hall–Kier alpha value is -2.29. The highest BCUT2D eigenvalue weighted by Crippen LogP contribution is 2.38. The van der Waals surface area contributed by atoms with E-state index in [1.807, 2.05) is 6.92 Å². The Labute approximate surface area is 193 Å². The number of thiocarbonyl (C=S) groups is 1. The summed E-state index contributed by atoms with van der Waals surface area (Å²) < 4.78 is 40.2. The minimum absolute atomic E-state index is 0.205. The Bertz CT molecular complexity index is 1070. The molecule has 2 N–H and O–H groups in total. The molecule has 10 heteroatoms. The van der Waals surface area contributed by atoms with Crippen molar-refractivity contribution < 1.29 is 18.0 Å². The molecule has 1 heterocycles. The Morgan fingerprint density at radius 2 is 1.90 bits per heavy atom. The molecule has 2 aromatic rings. The van der Waals surface area contributed by atoms with Crippen molar-refractivity contribution in [3.05, 3.63) is 74.9 Å². The lowest BCUT2D eigenvalue weighted by Crippen LogP contribution is -2.48. The number of nitrogens with one attached hydrogen (secondary N) is 2. The minimum Gasteiger partial charge on any atom is -0.351 e. The fraction of sp³-hybridized carbons (Fsp3) is 0.238. The van der Waals surface area contributed by atoms with E-state index in [2.05, 4.69) is 10.6 Å². The van der Waals surface area contributed by atoms with E-state index in [1.165, 1.54) is 24.3 Å². The fourth-order valence-electron chi connectivity index (χ4n) is 3.45. The summed E-state index contributed by atoms with van der Waals surface area (Å²) in [7, 11) is 0. The SMILES string of the molecule is CCN1C(=S)N[C@@H](c2ccc(Cl)cc2Cl)C(C(=O)Nc2ccccc2C(F)(F)F)=C1C. The molecule has 31 heavy (non-hydrogen) atoms. The molecule has 1 aliphatic heterocycles. The van der Waals surface area contributed by atoms with Gasteiger partial charge in [0.05, 0.1) is 22.9 Å². The van der Waals surface area contributed by atoms with Crippen LogP contribution in [0.25, 0.3) is 0 Å². The van der Waals surface area contributed by atoms with Gasteiger partial charge in [-0.3, -0.25) is 4.79 Å². The first-order chi connectivity index (χ1) is 14.5. The molecule has 0 saturated carbocycles. The van der Waals surface area contributed by atoms with E-state index in [1.54, 1.807) is 24.0 Å². The zero-order chi connectivity index (χ0) is 22.9. The van der Waals surface area contributed by atoms with E-state index in [4.69, 9.17) is 35.4 Å². The van der Waals surface area contributed by atoms with Crippen molar-refractivity contribution in [2.24, 2.45) is 0 Å². The van der Waals surface area contributed by atoms with Crippen molar-refractivity contribution >= 4 is 52.1 Å². The van der Waals surface area contributed by atoms with Crippen LogP contribution in [0.5, 0.6) is 0 Å². The van der Waals surface area contributed by atoms with Crippen LogP contribution >= 0.6 is 35.4 Å². The van der Waals surface area contributed by atoms with Gasteiger partial charge in [0, 0.05) is 22.3 Å². The summed E-state index contributed by atoms with van der Waals surface area (Å²) in [5.74, 6) is -0.696. The number of para-hydroxylation sites is 1.